The third-order valence-corrected chi connectivity index (χ3v) is 10.6. The Morgan fingerprint density at radius 1 is 0.977 bits per heavy atom. The second-order valence-corrected chi connectivity index (χ2v) is 13.6. The number of rotatable bonds is 12. The number of carboxylic acids is 1. The van der Waals surface area contributed by atoms with Gasteiger partial charge in [-0.2, -0.15) is 5.10 Å². The fourth-order valence-electron chi connectivity index (χ4n) is 7.92. The van der Waals surface area contributed by atoms with Crippen LogP contribution in [0.1, 0.15) is 85.4 Å². The van der Waals surface area contributed by atoms with E-state index in [2.05, 4.69) is 89.0 Å². The number of benzene rings is 2. The lowest BCUT2D eigenvalue weighted by atomic mass is 9.80. The SMILES string of the molecule is CCn1nc(CCc2ccccc2)cc1C1CCN(CC2CN(C(CC3CCC3)C(=O)O)CC2c2cccc(C)c2)CC1. The molecule has 3 aromatic rings. The van der Waals surface area contributed by atoms with Gasteiger partial charge in [-0.3, -0.25) is 14.4 Å². The maximum absolute atomic E-state index is 12.4. The van der Waals surface area contributed by atoms with Crippen LogP contribution in [-0.4, -0.2) is 69.4 Å². The average molecular weight is 583 g/mol. The summed E-state index contributed by atoms with van der Waals surface area (Å²) in [5.74, 6) is 1.35. The molecule has 6 rings (SSSR count). The molecule has 6 heteroatoms. The number of likely N-dealkylation sites (tertiary alicyclic amines) is 2. The van der Waals surface area contributed by atoms with Gasteiger partial charge in [0.15, 0.2) is 0 Å². The topological polar surface area (TPSA) is 61.6 Å². The van der Waals surface area contributed by atoms with Crippen molar-refractivity contribution < 1.29 is 9.90 Å². The van der Waals surface area contributed by atoms with Crippen molar-refractivity contribution in [3.63, 3.8) is 0 Å². The standard InChI is InChI=1S/C37H50N4O2/c1-3-41-35(23-33(38-41)16-15-28-10-5-4-6-11-28)30-17-19-39(20-18-30)24-32-25-40(36(37(42)43)22-29-12-8-13-29)26-34(32)31-14-7-9-27(2)21-31/h4-7,9-11,14,21,23,29-30,32,34,36H,3,8,12-13,15-20,22,24-26H2,1-2H3,(H,42,43). The van der Waals surface area contributed by atoms with Gasteiger partial charge in [-0.1, -0.05) is 79.4 Å². The first-order valence-electron chi connectivity index (χ1n) is 16.8. The van der Waals surface area contributed by atoms with E-state index in [0.29, 0.717) is 23.7 Å². The fourth-order valence-corrected chi connectivity index (χ4v) is 7.92. The molecule has 2 aromatic carbocycles. The summed E-state index contributed by atoms with van der Waals surface area (Å²) in [6.45, 7) is 10.3. The molecule has 1 aliphatic carbocycles. The largest absolute Gasteiger partial charge is 0.480 e. The fraction of sp³-hybridized carbons (Fsp3) is 0.568. The molecule has 3 unspecified atom stereocenters. The van der Waals surface area contributed by atoms with Gasteiger partial charge < -0.3 is 10.0 Å². The lowest BCUT2D eigenvalue weighted by Crippen LogP contribution is -2.43. The first-order chi connectivity index (χ1) is 21.0. The van der Waals surface area contributed by atoms with Crippen LogP contribution in [0.3, 0.4) is 0 Å². The van der Waals surface area contributed by atoms with Crippen LogP contribution in [0.5, 0.6) is 0 Å². The van der Waals surface area contributed by atoms with E-state index in [0.717, 1.165) is 71.4 Å². The molecule has 1 aromatic heterocycles. The Morgan fingerprint density at radius 2 is 1.77 bits per heavy atom. The van der Waals surface area contributed by atoms with Crippen molar-refractivity contribution in [1.29, 1.82) is 0 Å². The van der Waals surface area contributed by atoms with Crippen molar-refractivity contribution in [2.75, 3.05) is 32.7 Å². The summed E-state index contributed by atoms with van der Waals surface area (Å²) in [5, 5.41) is 15.2. The number of piperidine rings is 1. The summed E-state index contributed by atoms with van der Waals surface area (Å²) in [5.41, 5.74) is 6.66. The molecule has 3 fully saturated rings. The zero-order valence-corrected chi connectivity index (χ0v) is 26.2. The summed E-state index contributed by atoms with van der Waals surface area (Å²) >= 11 is 0. The van der Waals surface area contributed by atoms with Gasteiger partial charge in [0, 0.05) is 43.7 Å². The van der Waals surface area contributed by atoms with E-state index in [9.17, 15) is 9.90 Å². The van der Waals surface area contributed by atoms with Gasteiger partial charge >= 0.3 is 5.97 Å². The predicted molar refractivity (Wildman–Crippen MR) is 173 cm³/mol. The lowest BCUT2D eigenvalue weighted by Gasteiger charge is -2.35. The first-order valence-corrected chi connectivity index (χ1v) is 16.8. The molecule has 0 bridgehead atoms. The number of nitrogens with zero attached hydrogens (tertiary/aromatic N) is 4. The van der Waals surface area contributed by atoms with Gasteiger partial charge in [-0.15, -0.1) is 0 Å². The normalized spacial score (nSPS) is 22.9. The van der Waals surface area contributed by atoms with Crippen LogP contribution in [0.15, 0.2) is 60.7 Å². The molecule has 43 heavy (non-hydrogen) atoms. The van der Waals surface area contributed by atoms with E-state index in [-0.39, 0.29) is 6.04 Å². The second kappa shape index (κ2) is 13.8. The summed E-state index contributed by atoms with van der Waals surface area (Å²) in [6, 6.07) is 21.7. The van der Waals surface area contributed by atoms with Crippen LogP contribution in [-0.2, 0) is 24.2 Å². The minimum atomic E-state index is -0.632. The second-order valence-electron chi connectivity index (χ2n) is 13.6. The van der Waals surface area contributed by atoms with Crippen LogP contribution in [0.25, 0.3) is 0 Å². The number of hydrogen-bond acceptors (Lipinski definition) is 4. The average Bonchev–Trinajstić information content (AvgIpc) is 3.60. The molecule has 1 saturated carbocycles. The monoisotopic (exact) mass is 582 g/mol. The van der Waals surface area contributed by atoms with Crippen molar-refractivity contribution in [2.45, 2.75) is 89.6 Å². The molecule has 2 saturated heterocycles. The van der Waals surface area contributed by atoms with Crippen LogP contribution in [0.2, 0.25) is 0 Å². The quantitative estimate of drug-likeness (QED) is 0.263. The third kappa shape index (κ3) is 7.24. The Labute approximate surface area is 258 Å². The van der Waals surface area contributed by atoms with E-state index >= 15 is 0 Å². The Bertz CT molecular complexity index is 1340. The van der Waals surface area contributed by atoms with Gasteiger partial charge in [-0.05, 0) is 88.1 Å². The van der Waals surface area contributed by atoms with Gasteiger partial charge in [0.2, 0.25) is 0 Å². The molecule has 3 atom stereocenters. The van der Waals surface area contributed by atoms with Gasteiger partial charge in [0.25, 0.3) is 0 Å². The summed E-state index contributed by atoms with van der Waals surface area (Å²) in [7, 11) is 0. The molecule has 0 radical (unpaired) electrons. The molecule has 1 N–H and O–H groups in total. The highest BCUT2D eigenvalue weighted by Crippen LogP contribution is 2.39. The van der Waals surface area contributed by atoms with E-state index in [1.165, 1.54) is 47.3 Å². The summed E-state index contributed by atoms with van der Waals surface area (Å²) in [4.78, 5) is 17.4. The van der Waals surface area contributed by atoms with Gasteiger partial charge in [-0.25, -0.2) is 0 Å². The predicted octanol–water partition coefficient (Wildman–Crippen LogP) is 6.54. The van der Waals surface area contributed by atoms with E-state index < -0.39 is 5.97 Å². The highest BCUT2D eigenvalue weighted by molar-refractivity contribution is 5.73. The number of carboxylic acid groups (broad SMARTS) is 1. The highest BCUT2D eigenvalue weighted by Gasteiger charge is 2.41. The molecule has 3 heterocycles. The lowest BCUT2D eigenvalue weighted by molar-refractivity contribution is -0.144. The summed E-state index contributed by atoms with van der Waals surface area (Å²) < 4.78 is 2.25. The van der Waals surface area contributed by atoms with Crippen LogP contribution >= 0.6 is 0 Å². The summed E-state index contributed by atoms with van der Waals surface area (Å²) in [6.07, 6.45) is 8.81. The Kier molecular flexibility index (Phi) is 9.64. The van der Waals surface area contributed by atoms with E-state index in [1.807, 2.05) is 0 Å². The van der Waals surface area contributed by atoms with Crippen molar-refractivity contribution in [2.24, 2.45) is 11.8 Å². The molecule has 6 nitrogen and oxygen atoms in total. The number of aromatic nitrogens is 2. The molecule has 3 aliphatic rings. The minimum absolute atomic E-state index is 0.348. The minimum Gasteiger partial charge on any atom is -0.480 e. The number of hydrogen-bond donors (Lipinski definition) is 1. The molecule has 0 spiro atoms. The number of aliphatic carboxylic acids is 1. The molecule has 2 aliphatic heterocycles. The Balaban J connectivity index is 1.10. The smallest absolute Gasteiger partial charge is 0.320 e. The van der Waals surface area contributed by atoms with E-state index in [4.69, 9.17) is 5.10 Å². The molecule has 0 amide bonds. The van der Waals surface area contributed by atoms with Crippen molar-refractivity contribution in [1.82, 2.24) is 19.6 Å². The van der Waals surface area contributed by atoms with Gasteiger partial charge in [0.05, 0.1) is 5.69 Å². The molecular weight excluding hydrogens is 532 g/mol. The van der Waals surface area contributed by atoms with Crippen molar-refractivity contribution in [3.8, 4) is 0 Å². The number of aryl methyl sites for hydroxylation is 4. The maximum Gasteiger partial charge on any atom is 0.320 e. The highest BCUT2D eigenvalue weighted by atomic mass is 16.4. The zero-order valence-electron chi connectivity index (χ0n) is 26.2. The van der Waals surface area contributed by atoms with E-state index in [1.54, 1.807) is 0 Å². The maximum atomic E-state index is 12.4. The van der Waals surface area contributed by atoms with Crippen LogP contribution in [0, 0.1) is 18.8 Å². The Morgan fingerprint density at radius 3 is 2.44 bits per heavy atom. The first kappa shape index (κ1) is 30.1. The van der Waals surface area contributed by atoms with Gasteiger partial charge in [0.1, 0.15) is 6.04 Å². The zero-order chi connectivity index (χ0) is 29.8. The number of carbonyl (C=O) groups is 1. The van der Waals surface area contributed by atoms with Crippen LogP contribution < -0.4 is 0 Å². The molecular formula is C37H50N4O2. The van der Waals surface area contributed by atoms with Crippen molar-refractivity contribution in [3.05, 3.63) is 88.7 Å². The molecule has 230 valence electrons. The van der Waals surface area contributed by atoms with Crippen LogP contribution in [0.4, 0.5) is 0 Å². The third-order valence-electron chi connectivity index (χ3n) is 10.6. The Hall–Kier alpha value is -2.96. The van der Waals surface area contributed by atoms with Crippen molar-refractivity contribution >= 4 is 5.97 Å².